The maximum atomic E-state index is 12.6. The van der Waals surface area contributed by atoms with Crippen LogP contribution in [0.25, 0.3) is 0 Å². The van der Waals surface area contributed by atoms with Crippen LogP contribution in [0.1, 0.15) is 28.1 Å². The van der Waals surface area contributed by atoms with Crippen LogP contribution < -0.4 is 0 Å². The van der Waals surface area contributed by atoms with Gasteiger partial charge in [-0.15, -0.1) is 11.8 Å². The molecule has 0 saturated carbocycles. The zero-order valence-electron chi connectivity index (χ0n) is 10.3. The molecular weight excluding hydrogens is 258 g/mol. The van der Waals surface area contributed by atoms with E-state index in [1.54, 1.807) is 18.0 Å². The van der Waals surface area contributed by atoms with E-state index in [4.69, 9.17) is 4.42 Å². The average Bonchev–Trinajstić information content (AvgIpc) is 3.07. The van der Waals surface area contributed by atoms with Crippen molar-refractivity contribution in [3.63, 3.8) is 0 Å². The second-order valence-electron chi connectivity index (χ2n) is 4.83. The van der Waals surface area contributed by atoms with Crippen LogP contribution in [0.15, 0.2) is 47.1 Å². The van der Waals surface area contributed by atoms with Gasteiger partial charge in [0.1, 0.15) is 5.76 Å². The average molecular weight is 271 g/mol. The van der Waals surface area contributed by atoms with Crippen LogP contribution in [0, 0.1) is 0 Å². The van der Waals surface area contributed by atoms with E-state index < -0.39 is 4.87 Å². The zero-order valence-corrected chi connectivity index (χ0v) is 11.2. The standard InChI is InChI=1S/C15H13NO2S/c17-14-11-5-1-2-6-12(11)15(13-7-3-9-18-13)16(14)8-4-10-19-15/h1-3,5-7,9H,4,8,10H2. The van der Waals surface area contributed by atoms with Gasteiger partial charge in [0.25, 0.3) is 5.91 Å². The van der Waals surface area contributed by atoms with Gasteiger partial charge in [-0.1, -0.05) is 18.2 Å². The first kappa shape index (κ1) is 11.2. The lowest BCUT2D eigenvalue weighted by Gasteiger charge is -2.40. The molecule has 0 bridgehead atoms. The van der Waals surface area contributed by atoms with Crippen LogP contribution in [0.4, 0.5) is 0 Å². The van der Waals surface area contributed by atoms with Gasteiger partial charge in [0, 0.05) is 17.7 Å². The van der Waals surface area contributed by atoms with Crippen molar-refractivity contribution < 1.29 is 9.21 Å². The quantitative estimate of drug-likeness (QED) is 0.799. The smallest absolute Gasteiger partial charge is 0.256 e. The van der Waals surface area contributed by atoms with Gasteiger partial charge in [-0.2, -0.15) is 0 Å². The number of carbonyl (C=O) groups excluding carboxylic acids is 1. The van der Waals surface area contributed by atoms with E-state index in [1.807, 2.05) is 41.3 Å². The molecule has 1 atom stereocenters. The van der Waals surface area contributed by atoms with Crippen LogP contribution in [0.3, 0.4) is 0 Å². The molecule has 1 amide bonds. The Bertz CT molecular complexity index is 637. The summed E-state index contributed by atoms with van der Waals surface area (Å²) < 4.78 is 5.67. The minimum Gasteiger partial charge on any atom is -0.466 e. The summed E-state index contributed by atoms with van der Waals surface area (Å²) in [6.45, 7) is 0.793. The SMILES string of the molecule is O=C1c2ccccc2C2(c3ccco3)SCCCN12. The van der Waals surface area contributed by atoms with Crippen LogP contribution in [0.5, 0.6) is 0 Å². The molecule has 0 spiro atoms. The van der Waals surface area contributed by atoms with Crippen LogP contribution in [-0.4, -0.2) is 23.1 Å². The highest BCUT2D eigenvalue weighted by Crippen LogP contribution is 2.53. The van der Waals surface area contributed by atoms with Crippen molar-refractivity contribution in [2.45, 2.75) is 11.3 Å². The van der Waals surface area contributed by atoms with E-state index in [9.17, 15) is 4.79 Å². The fourth-order valence-electron chi connectivity index (χ4n) is 3.06. The van der Waals surface area contributed by atoms with E-state index >= 15 is 0 Å². The molecular formula is C15H13NO2S. The first-order chi connectivity index (χ1) is 9.34. The van der Waals surface area contributed by atoms with Gasteiger partial charge in [0.15, 0.2) is 4.87 Å². The normalized spacial score (nSPS) is 25.3. The number of rotatable bonds is 1. The third kappa shape index (κ3) is 1.32. The second kappa shape index (κ2) is 3.90. The van der Waals surface area contributed by atoms with Crippen molar-refractivity contribution in [2.24, 2.45) is 0 Å². The fourth-order valence-corrected chi connectivity index (χ4v) is 4.56. The maximum absolute atomic E-state index is 12.6. The number of nitrogens with zero attached hydrogens (tertiary/aromatic N) is 1. The summed E-state index contributed by atoms with van der Waals surface area (Å²) in [5.41, 5.74) is 1.88. The summed E-state index contributed by atoms with van der Waals surface area (Å²) in [6, 6.07) is 11.8. The van der Waals surface area contributed by atoms with Crippen LogP contribution in [-0.2, 0) is 4.87 Å². The van der Waals surface area contributed by atoms with E-state index in [0.717, 1.165) is 35.6 Å². The van der Waals surface area contributed by atoms with E-state index in [-0.39, 0.29) is 5.91 Å². The number of hydrogen-bond donors (Lipinski definition) is 0. The molecule has 0 radical (unpaired) electrons. The van der Waals surface area contributed by atoms with E-state index in [0.29, 0.717) is 0 Å². The Morgan fingerprint density at radius 1 is 1.21 bits per heavy atom. The molecule has 4 heteroatoms. The summed E-state index contributed by atoms with van der Waals surface area (Å²) >= 11 is 1.80. The van der Waals surface area contributed by atoms with Crippen molar-refractivity contribution in [1.29, 1.82) is 0 Å². The Hall–Kier alpha value is -1.68. The third-order valence-corrected chi connectivity index (χ3v) is 5.39. The molecule has 3 heterocycles. The van der Waals surface area contributed by atoms with Gasteiger partial charge in [-0.3, -0.25) is 4.79 Å². The lowest BCUT2D eigenvalue weighted by Crippen LogP contribution is -2.45. The summed E-state index contributed by atoms with van der Waals surface area (Å²) in [4.78, 5) is 14.1. The Morgan fingerprint density at radius 3 is 2.95 bits per heavy atom. The van der Waals surface area contributed by atoms with Gasteiger partial charge in [-0.05, 0) is 30.4 Å². The number of furan rings is 1. The molecule has 4 rings (SSSR count). The van der Waals surface area contributed by atoms with Gasteiger partial charge in [0.2, 0.25) is 0 Å². The molecule has 2 aliphatic rings. The number of carbonyl (C=O) groups is 1. The summed E-state index contributed by atoms with van der Waals surface area (Å²) in [6.07, 6.45) is 2.72. The Morgan fingerprint density at radius 2 is 2.11 bits per heavy atom. The van der Waals surface area contributed by atoms with Gasteiger partial charge >= 0.3 is 0 Å². The molecule has 1 unspecified atom stereocenters. The Balaban J connectivity index is 2.01. The third-order valence-electron chi connectivity index (χ3n) is 3.84. The number of fused-ring (bicyclic) bond motifs is 3. The Kier molecular flexibility index (Phi) is 2.30. The van der Waals surface area contributed by atoms with Gasteiger partial charge < -0.3 is 9.32 Å². The summed E-state index contributed by atoms with van der Waals surface area (Å²) in [5, 5.41) is 0. The summed E-state index contributed by atoms with van der Waals surface area (Å²) in [7, 11) is 0. The van der Waals surface area contributed by atoms with Crippen LogP contribution >= 0.6 is 11.8 Å². The highest BCUT2D eigenvalue weighted by Gasteiger charge is 2.54. The number of thioether (sulfide) groups is 1. The lowest BCUT2D eigenvalue weighted by molar-refractivity contribution is 0.0697. The number of amides is 1. The predicted octanol–water partition coefficient (Wildman–Crippen LogP) is 3.07. The molecule has 0 N–H and O–H groups in total. The lowest BCUT2D eigenvalue weighted by atomic mass is 10.0. The molecule has 1 aromatic heterocycles. The molecule has 1 aromatic carbocycles. The molecule has 2 aliphatic heterocycles. The van der Waals surface area contributed by atoms with Crippen molar-refractivity contribution in [1.82, 2.24) is 4.90 Å². The number of hydrogen-bond acceptors (Lipinski definition) is 3. The largest absolute Gasteiger partial charge is 0.466 e. The molecule has 1 fully saturated rings. The maximum Gasteiger partial charge on any atom is 0.256 e. The zero-order chi connectivity index (χ0) is 12.9. The Labute approximate surface area is 115 Å². The molecule has 19 heavy (non-hydrogen) atoms. The topological polar surface area (TPSA) is 33.5 Å². The minimum absolute atomic E-state index is 0.124. The number of benzene rings is 1. The predicted molar refractivity (Wildman–Crippen MR) is 74.0 cm³/mol. The van der Waals surface area contributed by atoms with Crippen LogP contribution in [0.2, 0.25) is 0 Å². The van der Waals surface area contributed by atoms with Crippen molar-refractivity contribution in [3.8, 4) is 0 Å². The fraction of sp³-hybridized carbons (Fsp3) is 0.267. The van der Waals surface area contributed by atoms with Crippen molar-refractivity contribution in [3.05, 3.63) is 59.5 Å². The highest BCUT2D eigenvalue weighted by molar-refractivity contribution is 8.00. The molecule has 3 nitrogen and oxygen atoms in total. The van der Waals surface area contributed by atoms with E-state index in [2.05, 4.69) is 0 Å². The summed E-state index contributed by atoms with van der Waals surface area (Å²) in [5.74, 6) is 2.02. The molecule has 2 aromatic rings. The monoisotopic (exact) mass is 271 g/mol. The van der Waals surface area contributed by atoms with Gasteiger partial charge in [-0.25, -0.2) is 0 Å². The molecule has 1 saturated heterocycles. The molecule has 0 aliphatic carbocycles. The molecule has 96 valence electrons. The first-order valence-electron chi connectivity index (χ1n) is 6.43. The van der Waals surface area contributed by atoms with Gasteiger partial charge in [0.05, 0.1) is 6.26 Å². The first-order valence-corrected chi connectivity index (χ1v) is 7.42. The minimum atomic E-state index is -0.449. The van der Waals surface area contributed by atoms with Crippen molar-refractivity contribution in [2.75, 3.05) is 12.3 Å². The van der Waals surface area contributed by atoms with E-state index in [1.165, 1.54) is 0 Å². The van der Waals surface area contributed by atoms with Crippen molar-refractivity contribution >= 4 is 17.7 Å². The second-order valence-corrected chi connectivity index (χ2v) is 6.11. The highest BCUT2D eigenvalue weighted by atomic mass is 32.2.